The second kappa shape index (κ2) is 2.54. The van der Waals surface area contributed by atoms with Crippen molar-refractivity contribution in [2.45, 2.75) is 38.1 Å². The molecular formula is C9H17N. The number of hydrogen-bond donors (Lipinski definition) is 0. The number of hydrogen-bond acceptors (Lipinski definition) is 1. The van der Waals surface area contributed by atoms with Gasteiger partial charge < -0.3 is 4.90 Å². The quantitative estimate of drug-likeness (QED) is 0.495. The van der Waals surface area contributed by atoms with Crippen molar-refractivity contribution in [1.82, 2.24) is 4.90 Å². The van der Waals surface area contributed by atoms with Gasteiger partial charge in [-0.3, -0.25) is 0 Å². The molecule has 0 aromatic rings. The summed E-state index contributed by atoms with van der Waals surface area (Å²) in [7, 11) is 2.29. The first kappa shape index (κ1) is 6.66. The van der Waals surface area contributed by atoms with Gasteiger partial charge >= 0.3 is 0 Å². The summed E-state index contributed by atoms with van der Waals surface area (Å²) in [6, 6.07) is 0.966. The van der Waals surface area contributed by atoms with E-state index in [9.17, 15) is 0 Å². The van der Waals surface area contributed by atoms with Crippen molar-refractivity contribution in [1.29, 1.82) is 0 Å². The van der Waals surface area contributed by atoms with Crippen molar-refractivity contribution in [3.63, 3.8) is 0 Å². The molecule has 0 radical (unpaired) electrons. The Morgan fingerprint density at radius 1 is 1.10 bits per heavy atom. The molecule has 1 saturated heterocycles. The molecule has 1 aliphatic carbocycles. The van der Waals surface area contributed by atoms with Crippen LogP contribution in [0.15, 0.2) is 0 Å². The van der Waals surface area contributed by atoms with Crippen LogP contribution >= 0.6 is 0 Å². The second-order valence-corrected chi connectivity index (χ2v) is 3.88. The van der Waals surface area contributed by atoms with Crippen LogP contribution in [0.2, 0.25) is 0 Å². The third-order valence-electron chi connectivity index (χ3n) is 3.27. The van der Waals surface area contributed by atoms with Gasteiger partial charge in [-0.15, -0.1) is 0 Å². The van der Waals surface area contributed by atoms with Crippen molar-refractivity contribution >= 4 is 0 Å². The molecule has 2 fully saturated rings. The van der Waals surface area contributed by atoms with Gasteiger partial charge in [0.05, 0.1) is 0 Å². The Bertz CT molecular complexity index is 122. The van der Waals surface area contributed by atoms with Crippen LogP contribution in [0, 0.1) is 5.92 Å². The lowest BCUT2D eigenvalue weighted by atomic mass is 9.93. The van der Waals surface area contributed by atoms with E-state index < -0.39 is 0 Å². The summed E-state index contributed by atoms with van der Waals surface area (Å²) in [6.45, 7) is 1.35. The van der Waals surface area contributed by atoms with Gasteiger partial charge in [0.1, 0.15) is 0 Å². The first-order valence-electron chi connectivity index (χ1n) is 4.58. The Morgan fingerprint density at radius 2 is 1.90 bits per heavy atom. The monoisotopic (exact) mass is 139 g/mol. The minimum absolute atomic E-state index is 0.966. The minimum atomic E-state index is 0.966. The fourth-order valence-electron chi connectivity index (χ4n) is 2.70. The normalized spacial score (nSPS) is 41.7. The van der Waals surface area contributed by atoms with E-state index in [-0.39, 0.29) is 0 Å². The molecule has 0 spiro atoms. The zero-order chi connectivity index (χ0) is 6.97. The SMILES string of the molecule is CN1CCC[C@@H]2CCC[C@H]21. The molecule has 2 rings (SSSR count). The predicted molar refractivity (Wildman–Crippen MR) is 43.0 cm³/mol. The molecular weight excluding hydrogens is 122 g/mol. The maximum Gasteiger partial charge on any atom is 0.0120 e. The fraction of sp³-hybridized carbons (Fsp3) is 1.00. The van der Waals surface area contributed by atoms with Crippen LogP contribution in [-0.2, 0) is 0 Å². The molecule has 1 nitrogen and oxygen atoms in total. The average Bonchev–Trinajstić information content (AvgIpc) is 2.36. The highest BCUT2D eigenvalue weighted by Gasteiger charge is 2.32. The molecule has 2 atom stereocenters. The molecule has 1 aliphatic heterocycles. The van der Waals surface area contributed by atoms with Gasteiger partial charge in [0, 0.05) is 6.04 Å². The molecule has 0 N–H and O–H groups in total. The summed E-state index contributed by atoms with van der Waals surface area (Å²) < 4.78 is 0. The molecule has 0 aromatic carbocycles. The van der Waals surface area contributed by atoms with E-state index in [1.807, 2.05) is 0 Å². The Morgan fingerprint density at radius 3 is 2.70 bits per heavy atom. The Kier molecular flexibility index (Phi) is 1.69. The highest BCUT2D eigenvalue weighted by atomic mass is 15.1. The van der Waals surface area contributed by atoms with E-state index in [2.05, 4.69) is 11.9 Å². The summed E-state index contributed by atoms with van der Waals surface area (Å²) in [5.74, 6) is 1.07. The Hall–Kier alpha value is -0.0400. The summed E-state index contributed by atoms with van der Waals surface area (Å²) in [6.07, 6.45) is 7.42. The van der Waals surface area contributed by atoms with Crippen LogP contribution in [0.4, 0.5) is 0 Å². The molecule has 1 heterocycles. The van der Waals surface area contributed by atoms with Gasteiger partial charge in [-0.2, -0.15) is 0 Å². The molecule has 1 heteroatoms. The van der Waals surface area contributed by atoms with E-state index >= 15 is 0 Å². The maximum atomic E-state index is 2.57. The minimum Gasteiger partial charge on any atom is -0.303 e. The third kappa shape index (κ3) is 0.968. The van der Waals surface area contributed by atoms with Gasteiger partial charge in [-0.1, -0.05) is 6.42 Å². The summed E-state index contributed by atoms with van der Waals surface area (Å²) >= 11 is 0. The van der Waals surface area contributed by atoms with Crippen molar-refractivity contribution in [2.24, 2.45) is 5.92 Å². The van der Waals surface area contributed by atoms with Crippen LogP contribution in [0.25, 0.3) is 0 Å². The van der Waals surface area contributed by atoms with Gasteiger partial charge in [0.2, 0.25) is 0 Å². The van der Waals surface area contributed by atoms with Crippen molar-refractivity contribution in [3.05, 3.63) is 0 Å². The molecule has 0 bridgehead atoms. The van der Waals surface area contributed by atoms with E-state index in [1.54, 1.807) is 0 Å². The Balaban J connectivity index is 2.03. The fourth-order valence-corrected chi connectivity index (χ4v) is 2.70. The summed E-state index contributed by atoms with van der Waals surface area (Å²) in [5, 5.41) is 0. The van der Waals surface area contributed by atoms with E-state index in [4.69, 9.17) is 0 Å². The molecule has 1 saturated carbocycles. The van der Waals surface area contributed by atoms with E-state index in [1.165, 1.54) is 38.6 Å². The van der Waals surface area contributed by atoms with Crippen LogP contribution < -0.4 is 0 Å². The number of nitrogens with zero attached hydrogens (tertiary/aromatic N) is 1. The van der Waals surface area contributed by atoms with E-state index in [0.29, 0.717) is 0 Å². The molecule has 58 valence electrons. The topological polar surface area (TPSA) is 3.24 Å². The number of rotatable bonds is 0. The molecule has 2 aliphatic rings. The first-order valence-corrected chi connectivity index (χ1v) is 4.58. The zero-order valence-corrected chi connectivity index (χ0v) is 6.84. The van der Waals surface area contributed by atoms with Crippen LogP contribution in [0.3, 0.4) is 0 Å². The Labute approximate surface area is 63.4 Å². The molecule has 0 unspecified atom stereocenters. The largest absolute Gasteiger partial charge is 0.303 e. The van der Waals surface area contributed by atoms with Crippen LogP contribution in [-0.4, -0.2) is 24.5 Å². The van der Waals surface area contributed by atoms with Gasteiger partial charge in [0.25, 0.3) is 0 Å². The molecule has 0 aromatic heterocycles. The molecule has 10 heavy (non-hydrogen) atoms. The third-order valence-corrected chi connectivity index (χ3v) is 3.27. The van der Waals surface area contributed by atoms with Crippen molar-refractivity contribution in [3.8, 4) is 0 Å². The lowest BCUT2D eigenvalue weighted by Crippen LogP contribution is -2.39. The molecule has 0 amide bonds. The first-order chi connectivity index (χ1) is 4.88. The number of likely N-dealkylation sites (tertiary alicyclic amines) is 1. The van der Waals surface area contributed by atoms with Crippen LogP contribution in [0.1, 0.15) is 32.1 Å². The average molecular weight is 139 g/mol. The predicted octanol–water partition coefficient (Wildman–Crippen LogP) is 1.88. The number of fused-ring (bicyclic) bond motifs is 1. The van der Waals surface area contributed by atoms with Gasteiger partial charge in [-0.25, -0.2) is 0 Å². The lowest BCUT2D eigenvalue weighted by molar-refractivity contribution is 0.144. The van der Waals surface area contributed by atoms with Crippen molar-refractivity contribution < 1.29 is 0 Å². The maximum absolute atomic E-state index is 2.57. The number of piperidine rings is 1. The highest BCUT2D eigenvalue weighted by Crippen LogP contribution is 2.35. The summed E-state index contributed by atoms with van der Waals surface area (Å²) in [4.78, 5) is 2.57. The second-order valence-electron chi connectivity index (χ2n) is 3.88. The highest BCUT2D eigenvalue weighted by molar-refractivity contribution is 4.87. The van der Waals surface area contributed by atoms with Crippen molar-refractivity contribution in [2.75, 3.05) is 13.6 Å². The smallest absolute Gasteiger partial charge is 0.0120 e. The van der Waals surface area contributed by atoms with Gasteiger partial charge in [0.15, 0.2) is 0 Å². The van der Waals surface area contributed by atoms with Gasteiger partial charge in [-0.05, 0) is 45.2 Å². The van der Waals surface area contributed by atoms with Crippen LogP contribution in [0.5, 0.6) is 0 Å². The zero-order valence-electron chi connectivity index (χ0n) is 6.84. The summed E-state index contributed by atoms with van der Waals surface area (Å²) in [5.41, 5.74) is 0. The van der Waals surface area contributed by atoms with E-state index in [0.717, 1.165) is 12.0 Å². The lowest BCUT2D eigenvalue weighted by Gasteiger charge is -2.34. The standard InChI is InChI=1S/C9H17N/c1-10-7-3-5-8-4-2-6-9(8)10/h8-9H,2-7H2,1H3/t8-,9+/m0/s1.